The zero-order valence-electron chi connectivity index (χ0n) is 12.3. The summed E-state index contributed by atoms with van der Waals surface area (Å²) in [6.45, 7) is 0. The Morgan fingerprint density at radius 2 is 1.13 bits per heavy atom. The van der Waals surface area contributed by atoms with Crippen LogP contribution in [0.15, 0.2) is 60.7 Å². The maximum absolute atomic E-state index is 12.0. The van der Waals surface area contributed by atoms with Crippen LogP contribution in [-0.4, -0.2) is 29.3 Å². The molecule has 0 saturated heterocycles. The van der Waals surface area contributed by atoms with Gasteiger partial charge in [0.25, 0.3) is 11.8 Å². The van der Waals surface area contributed by atoms with Crippen LogP contribution in [0, 0.1) is 0 Å². The van der Waals surface area contributed by atoms with E-state index < -0.39 is 31.8 Å². The van der Waals surface area contributed by atoms with Crippen LogP contribution in [-0.2, 0) is 4.57 Å². The third kappa shape index (κ3) is 5.36. The van der Waals surface area contributed by atoms with Crippen molar-refractivity contribution >= 4 is 19.2 Å². The zero-order chi connectivity index (χ0) is 16.7. The van der Waals surface area contributed by atoms with Crippen molar-refractivity contribution in [3.05, 3.63) is 71.8 Å². The Kier molecular flexibility index (Phi) is 5.68. The van der Waals surface area contributed by atoms with E-state index in [1.165, 1.54) is 0 Å². The number of hydrogen-bond donors (Lipinski definition) is 3. The first kappa shape index (κ1) is 16.9. The largest absolute Gasteiger partial charge is 0.343 e. The number of rotatable bonds is 6. The first-order valence-electron chi connectivity index (χ1n) is 6.95. The zero-order valence-corrected chi connectivity index (χ0v) is 13.2. The average molecular weight is 332 g/mol. The summed E-state index contributed by atoms with van der Waals surface area (Å²) in [5.74, 6) is -0.872. The van der Waals surface area contributed by atoms with E-state index in [0.717, 1.165) is 0 Å². The Labute approximate surface area is 134 Å². The molecule has 0 saturated carbocycles. The van der Waals surface area contributed by atoms with E-state index in [4.69, 9.17) is 0 Å². The highest BCUT2D eigenvalue weighted by Crippen LogP contribution is 2.37. The first-order chi connectivity index (χ1) is 11.0. The number of carbonyl (C=O) groups is 2. The maximum atomic E-state index is 12.0. The van der Waals surface area contributed by atoms with Crippen LogP contribution in [0.2, 0.25) is 0 Å². The molecule has 0 fully saturated rings. The minimum absolute atomic E-state index is 0.404. The number of carbonyl (C=O) groups excluding carboxylic acids is 2. The molecule has 0 atom stereocenters. The van der Waals surface area contributed by atoms with Crippen LogP contribution in [0.1, 0.15) is 20.7 Å². The molecule has 2 aromatic carbocycles. The topological polar surface area (TPSA) is 95.5 Å². The van der Waals surface area contributed by atoms with E-state index in [2.05, 4.69) is 10.6 Å². The highest BCUT2D eigenvalue weighted by Gasteiger charge is 2.21. The van der Waals surface area contributed by atoms with Crippen molar-refractivity contribution in [2.24, 2.45) is 0 Å². The van der Waals surface area contributed by atoms with Crippen LogP contribution in [0.4, 0.5) is 0 Å². The molecule has 6 nitrogen and oxygen atoms in total. The molecule has 0 aliphatic rings. The van der Waals surface area contributed by atoms with Gasteiger partial charge >= 0.3 is 0 Å². The van der Waals surface area contributed by atoms with Gasteiger partial charge in [0, 0.05) is 11.1 Å². The standard InChI is InChI=1S/C16H17N2O4P/c19-15(13-7-3-1-4-8-13)17-11-23(21,22)12-18-16(20)14-9-5-2-6-10-14/h1-10H,11-12H2,(H,17,19)(H,18,20)(H,21,22). The SMILES string of the molecule is O=C(NCP(=O)(O)CNC(=O)c1ccccc1)c1ccccc1. The smallest absolute Gasteiger partial charge is 0.251 e. The fourth-order valence-corrected chi connectivity index (χ4v) is 2.72. The van der Waals surface area contributed by atoms with Crippen LogP contribution >= 0.6 is 7.37 Å². The summed E-state index contributed by atoms with van der Waals surface area (Å²) in [4.78, 5) is 33.5. The van der Waals surface area contributed by atoms with Gasteiger partial charge in [0.2, 0.25) is 7.37 Å². The molecule has 0 unspecified atom stereocenters. The lowest BCUT2D eigenvalue weighted by Crippen LogP contribution is -2.29. The summed E-state index contributed by atoms with van der Waals surface area (Å²) in [7, 11) is -3.71. The Hall–Kier alpha value is -2.43. The lowest BCUT2D eigenvalue weighted by molar-refractivity contribution is 0.0955. The van der Waals surface area contributed by atoms with Crippen molar-refractivity contribution in [2.45, 2.75) is 0 Å². The van der Waals surface area contributed by atoms with Gasteiger partial charge in [-0.3, -0.25) is 14.2 Å². The second kappa shape index (κ2) is 7.72. The summed E-state index contributed by atoms with van der Waals surface area (Å²) in [5.41, 5.74) is 0.807. The van der Waals surface area contributed by atoms with Gasteiger partial charge in [-0.15, -0.1) is 0 Å². The van der Waals surface area contributed by atoms with E-state index in [1.807, 2.05) is 0 Å². The van der Waals surface area contributed by atoms with Crippen molar-refractivity contribution in [3.8, 4) is 0 Å². The number of amides is 2. The van der Waals surface area contributed by atoms with E-state index in [-0.39, 0.29) is 0 Å². The summed E-state index contributed by atoms with van der Waals surface area (Å²) in [6.07, 6.45) is -0.814. The van der Waals surface area contributed by atoms with Crippen molar-refractivity contribution in [1.82, 2.24) is 10.6 Å². The molecule has 120 valence electrons. The fraction of sp³-hybridized carbons (Fsp3) is 0.125. The van der Waals surface area contributed by atoms with Crippen molar-refractivity contribution in [3.63, 3.8) is 0 Å². The molecule has 0 bridgehead atoms. The minimum atomic E-state index is -3.71. The molecule has 0 heterocycles. The monoisotopic (exact) mass is 332 g/mol. The summed E-state index contributed by atoms with van der Waals surface area (Å²) in [6, 6.07) is 16.8. The maximum Gasteiger partial charge on any atom is 0.251 e. The normalized spacial score (nSPS) is 10.8. The fourth-order valence-electron chi connectivity index (χ4n) is 1.83. The molecule has 2 rings (SSSR count). The molecule has 0 aliphatic heterocycles. The summed E-state index contributed by atoms with van der Waals surface area (Å²) < 4.78 is 12.0. The molecule has 3 N–H and O–H groups in total. The molecular weight excluding hydrogens is 315 g/mol. The highest BCUT2D eigenvalue weighted by atomic mass is 31.2. The quantitative estimate of drug-likeness (QED) is 0.705. The molecule has 2 amide bonds. The molecule has 7 heteroatoms. The van der Waals surface area contributed by atoms with E-state index in [1.54, 1.807) is 60.7 Å². The van der Waals surface area contributed by atoms with Crippen LogP contribution < -0.4 is 10.6 Å². The number of nitrogens with one attached hydrogen (secondary N) is 2. The van der Waals surface area contributed by atoms with Crippen LogP contribution in [0.25, 0.3) is 0 Å². The van der Waals surface area contributed by atoms with Gasteiger partial charge in [0.05, 0.1) is 12.6 Å². The van der Waals surface area contributed by atoms with Gasteiger partial charge in [0.1, 0.15) is 0 Å². The van der Waals surface area contributed by atoms with Gasteiger partial charge < -0.3 is 15.5 Å². The van der Waals surface area contributed by atoms with E-state index >= 15 is 0 Å². The predicted molar refractivity (Wildman–Crippen MR) is 87.4 cm³/mol. The molecular formula is C16H17N2O4P. The van der Waals surface area contributed by atoms with Gasteiger partial charge in [-0.2, -0.15) is 0 Å². The average Bonchev–Trinajstić information content (AvgIpc) is 2.59. The first-order valence-corrected chi connectivity index (χ1v) is 8.98. The van der Waals surface area contributed by atoms with E-state index in [9.17, 15) is 19.0 Å². The minimum Gasteiger partial charge on any atom is -0.343 e. The second-order valence-corrected chi connectivity index (χ2v) is 7.23. The molecule has 23 heavy (non-hydrogen) atoms. The van der Waals surface area contributed by atoms with Gasteiger partial charge in [-0.05, 0) is 24.3 Å². The highest BCUT2D eigenvalue weighted by molar-refractivity contribution is 7.57. The Morgan fingerprint density at radius 1 is 0.783 bits per heavy atom. The van der Waals surface area contributed by atoms with Gasteiger partial charge in [0.15, 0.2) is 0 Å². The predicted octanol–water partition coefficient (Wildman–Crippen LogP) is 2.03. The number of benzene rings is 2. The van der Waals surface area contributed by atoms with Gasteiger partial charge in [-0.1, -0.05) is 36.4 Å². The molecule has 0 aromatic heterocycles. The summed E-state index contributed by atoms with van der Waals surface area (Å²) in [5, 5.41) is 4.80. The Bertz CT molecular complexity index is 660. The third-order valence-corrected chi connectivity index (χ3v) is 4.35. The van der Waals surface area contributed by atoms with E-state index in [0.29, 0.717) is 11.1 Å². The van der Waals surface area contributed by atoms with Gasteiger partial charge in [-0.25, -0.2) is 0 Å². The lowest BCUT2D eigenvalue weighted by atomic mass is 10.2. The number of hydrogen-bond acceptors (Lipinski definition) is 3. The molecule has 0 aliphatic carbocycles. The Balaban J connectivity index is 1.84. The summed E-state index contributed by atoms with van der Waals surface area (Å²) >= 11 is 0. The Morgan fingerprint density at radius 3 is 1.48 bits per heavy atom. The van der Waals surface area contributed by atoms with Crippen LogP contribution in [0.5, 0.6) is 0 Å². The van der Waals surface area contributed by atoms with Crippen molar-refractivity contribution < 1.29 is 19.0 Å². The van der Waals surface area contributed by atoms with Crippen molar-refractivity contribution in [2.75, 3.05) is 12.6 Å². The third-order valence-electron chi connectivity index (χ3n) is 3.05. The van der Waals surface area contributed by atoms with Crippen molar-refractivity contribution in [1.29, 1.82) is 0 Å². The van der Waals surface area contributed by atoms with Crippen LogP contribution in [0.3, 0.4) is 0 Å². The molecule has 0 spiro atoms. The molecule has 0 radical (unpaired) electrons. The second-order valence-electron chi connectivity index (χ2n) is 4.91. The lowest BCUT2D eigenvalue weighted by Gasteiger charge is -2.13. The molecule has 2 aromatic rings.